The molecule has 0 bridgehead atoms. The summed E-state index contributed by atoms with van der Waals surface area (Å²) in [4.78, 5) is 11.7. The minimum Gasteiger partial charge on any atom is -0.274 e. The van der Waals surface area contributed by atoms with E-state index >= 15 is 0 Å². The third kappa shape index (κ3) is 4.41. The fraction of sp³-hybridized carbons (Fsp3) is 0.133. The van der Waals surface area contributed by atoms with Crippen molar-refractivity contribution in [2.45, 2.75) is 16.1 Å². The molecule has 1 atom stereocenters. The SMILES string of the molecule is O=C(CC(Br)c1ccccc1)NS(=O)(=O)c1ccccc1. The van der Waals surface area contributed by atoms with Crippen molar-refractivity contribution in [3.8, 4) is 0 Å². The Labute approximate surface area is 132 Å². The molecule has 0 heterocycles. The maximum absolute atomic E-state index is 12.0. The van der Waals surface area contributed by atoms with Crippen molar-refractivity contribution in [3.05, 3.63) is 66.2 Å². The first-order chi connectivity index (χ1) is 9.99. The third-order valence-electron chi connectivity index (χ3n) is 2.83. The maximum Gasteiger partial charge on any atom is 0.264 e. The summed E-state index contributed by atoms with van der Waals surface area (Å²) < 4.78 is 26.1. The predicted octanol–water partition coefficient (Wildman–Crippen LogP) is 3.02. The van der Waals surface area contributed by atoms with Gasteiger partial charge in [0.25, 0.3) is 10.0 Å². The third-order valence-corrected chi connectivity index (χ3v) is 5.07. The van der Waals surface area contributed by atoms with Crippen molar-refractivity contribution in [1.29, 1.82) is 0 Å². The lowest BCUT2D eigenvalue weighted by molar-refractivity contribution is -0.119. The molecule has 21 heavy (non-hydrogen) atoms. The Morgan fingerprint density at radius 2 is 1.52 bits per heavy atom. The number of rotatable bonds is 5. The Morgan fingerprint density at radius 3 is 2.10 bits per heavy atom. The van der Waals surface area contributed by atoms with Gasteiger partial charge in [0.2, 0.25) is 5.91 Å². The summed E-state index contributed by atoms with van der Waals surface area (Å²) in [6.45, 7) is 0. The van der Waals surface area contributed by atoms with Crippen LogP contribution in [0.15, 0.2) is 65.6 Å². The molecule has 2 rings (SSSR count). The molecule has 0 aliphatic rings. The Hall–Kier alpha value is -1.66. The molecule has 1 unspecified atom stereocenters. The van der Waals surface area contributed by atoms with E-state index in [2.05, 4.69) is 20.7 Å². The van der Waals surface area contributed by atoms with E-state index < -0.39 is 15.9 Å². The monoisotopic (exact) mass is 367 g/mol. The van der Waals surface area contributed by atoms with Gasteiger partial charge in [0, 0.05) is 11.2 Å². The number of amides is 1. The lowest BCUT2D eigenvalue weighted by atomic mass is 10.1. The molecular weight excluding hydrogens is 354 g/mol. The highest BCUT2D eigenvalue weighted by Crippen LogP contribution is 2.26. The molecular formula is C15H14BrNO3S. The minimum absolute atomic E-state index is 0.0378. The first kappa shape index (κ1) is 15.7. The molecule has 0 aliphatic heterocycles. The number of carbonyl (C=O) groups excluding carboxylic acids is 1. The van der Waals surface area contributed by atoms with Crippen LogP contribution in [0.1, 0.15) is 16.8 Å². The molecule has 0 aromatic heterocycles. The molecule has 0 fully saturated rings. The molecule has 6 heteroatoms. The number of nitrogens with one attached hydrogen (secondary N) is 1. The summed E-state index contributed by atoms with van der Waals surface area (Å²) in [5, 5.41) is 0. The zero-order chi connectivity index (χ0) is 15.3. The van der Waals surface area contributed by atoms with Crippen LogP contribution >= 0.6 is 15.9 Å². The van der Waals surface area contributed by atoms with Crippen molar-refractivity contribution in [2.75, 3.05) is 0 Å². The first-order valence-electron chi connectivity index (χ1n) is 6.29. The highest BCUT2D eigenvalue weighted by molar-refractivity contribution is 9.09. The number of halogens is 1. The summed E-state index contributed by atoms with van der Waals surface area (Å²) in [6.07, 6.45) is 0.0378. The Bertz CT molecular complexity index is 702. The van der Waals surface area contributed by atoms with Gasteiger partial charge in [-0.3, -0.25) is 4.79 Å². The Morgan fingerprint density at radius 1 is 1.00 bits per heavy atom. The van der Waals surface area contributed by atoms with Gasteiger partial charge in [-0.1, -0.05) is 64.5 Å². The number of alkyl halides is 1. The van der Waals surface area contributed by atoms with Gasteiger partial charge in [-0.2, -0.15) is 0 Å². The summed E-state index contributed by atoms with van der Waals surface area (Å²) in [5.41, 5.74) is 0.921. The van der Waals surface area contributed by atoms with Gasteiger partial charge < -0.3 is 0 Å². The van der Waals surface area contributed by atoms with Crippen LogP contribution in [0.5, 0.6) is 0 Å². The van der Waals surface area contributed by atoms with Gasteiger partial charge in [-0.25, -0.2) is 13.1 Å². The zero-order valence-corrected chi connectivity index (χ0v) is 13.5. The van der Waals surface area contributed by atoms with Gasteiger partial charge in [-0.05, 0) is 17.7 Å². The largest absolute Gasteiger partial charge is 0.274 e. The van der Waals surface area contributed by atoms with Crippen LogP contribution in [-0.4, -0.2) is 14.3 Å². The molecule has 4 nitrogen and oxygen atoms in total. The van der Waals surface area contributed by atoms with E-state index in [-0.39, 0.29) is 16.1 Å². The topological polar surface area (TPSA) is 63.2 Å². The second kappa shape index (κ2) is 6.87. The average molecular weight is 368 g/mol. The quantitative estimate of drug-likeness (QED) is 0.826. The van der Waals surface area contributed by atoms with E-state index in [0.29, 0.717) is 0 Å². The van der Waals surface area contributed by atoms with E-state index in [0.717, 1.165) is 5.56 Å². The maximum atomic E-state index is 12.0. The van der Waals surface area contributed by atoms with Crippen LogP contribution < -0.4 is 4.72 Å². The lowest BCUT2D eigenvalue weighted by Crippen LogP contribution is -2.31. The first-order valence-corrected chi connectivity index (χ1v) is 8.68. The number of benzene rings is 2. The summed E-state index contributed by atoms with van der Waals surface area (Å²) in [7, 11) is -3.81. The number of sulfonamides is 1. The van der Waals surface area contributed by atoms with E-state index in [4.69, 9.17) is 0 Å². The van der Waals surface area contributed by atoms with Crippen molar-refractivity contribution < 1.29 is 13.2 Å². The molecule has 0 aliphatic carbocycles. The van der Waals surface area contributed by atoms with Crippen LogP contribution in [0.25, 0.3) is 0 Å². The molecule has 0 saturated heterocycles. The van der Waals surface area contributed by atoms with Crippen molar-refractivity contribution in [3.63, 3.8) is 0 Å². The number of carbonyl (C=O) groups is 1. The van der Waals surface area contributed by atoms with Crippen molar-refractivity contribution >= 4 is 31.9 Å². The highest BCUT2D eigenvalue weighted by Gasteiger charge is 2.19. The van der Waals surface area contributed by atoms with Gasteiger partial charge >= 0.3 is 0 Å². The van der Waals surface area contributed by atoms with E-state index in [9.17, 15) is 13.2 Å². The summed E-state index contributed by atoms with van der Waals surface area (Å²) in [5.74, 6) is -0.551. The smallest absolute Gasteiger partial charge is 0.264 e. The van der Waals surface area contributed by atoms with Crippen LogP contribution in [0, 0.1) is 0 Å². The Balaban J connectivity index is 2.02. The molecule has 0 radical (unpaired) electrons. The van der Waals surface area contributed by atoms with Crippen molar-refractivity contribution in [1.82, 2.24) is 4.72 Å². The van der Waals surface area contributed by atoms with Gasteiger partial charge in [0.05, 0.1) is 4.90 Å². The molecule has 2 aromatic rings. The van der Waals surface area contributed by atoms with Crippen LogP contribution in [-0.2, 0) is 14.8 Å². The standard InChI is InChI=1S/C15H14BrNO3S/c16-14(12-7-3-1-4-8-12)11-15(18)17-21(19,20)13-9-5-2-6-10-13/h1-10,14H,11H2,(H,17,18). The predicted molar refractivity (Wildman–Crippen MR) is 84.5 cm³/mol. The van der Waals surface area contributed by atoms with E-state index in [1.165, 1.54) is 12.1 Å². The van der Waals surface area contributed by atoms with Crippen LogP contribution in [0.4, 0.5) is 0 Å². The number of hydrogen-bond donors (Lipinski definition) is 1. The van der Waals surface area contributed by atoms with Crippen LogP contribution in [0.3, 0.4) is 0 Å². The zero-order valence-electron chi connectivity index (χ0n) is 11.1. The summed E-state index contributed by atoms with van der Waals surface area (Å²) in [6, 6.07) is 17.2. The Kier molecular flexibility index (Phi) is 5.14. The van der Waals surface area contributed by atoms with Gasteiger partial charge in [0.15, 0.2) is 0 Å². The molecule has 1 N–H and O–H groups in total. The fourth-order valence-electron chi connectivity index (χ4n) is 1.79. The number of hydrogen-bond acceptors (Lipinski definition) is 3. The van der Waals surface area contributed by atoms with Crippen molar-refractivity contribution in [2.24, 2.45) is 0 Å². The van der Waals surface area contributed by atoms with E-state index in [1.54, 1.807) is 18.2 Å². The molecule has 1 amide bonds. The molecule has 2 aromatic carbocycles. The van der Waals surface area contributed by atoms with E-state index in [1.807, 2.05) is 30.3 Å². The molecule has 0 spiro atoms. The van der Waals surface area contributed by atoms with Crippen LogP contribution in [0.2, 0.25) is 0 Å². The fourth-order valence-corrected chi connectivity index (χ4v) is 3.41. The lowest BCUT2D eigenvalue weighted by Gasteiger charge is -2.11. The highest BCUT2D eigenvalue weighted by atomic mass is 79.9. The second-order valence-electron chi connectivity index (χ2n) is 4.42. The summed E-state index contributed by atoms with van der Waals surface area (Å²) >= 11 is 3.39. The normalized spacial score (nSPS) is 12.6. The van der Waals surface area contributed by atoms with Gasteiger partial charge in [-0.15, -0.1) is 0 Å². The second-order valence-corrected chi connectivity index (χ2v) is 7.21. The molecule has 0 saturated carbocycles. The van der Waals surface area contributed by atoms with Gasteiger partial charge in [0.1, 0.15) is 0 Å². The minimum atomic E-state index is -3.81. The average Bonchev–Trinajstić information content (AvgIpc) is 2.48. The molecule has 110 valence electrons.